The minimum absolute atomic E-state index is 0.0443. The highest BCUT2D eigenvalue weighted by Gasteiger charge is 2.00. The summed E-state index contributed by atoms with van der Waals surface area (Å²) in [6.45, 7) is 5.31. The largest absolute Gasteiger partial charge is 0.385 e. The van der Waals surface area contributed by atoms with Gasteiger partial charge in [-0.25, -0.2) is 0 Å². The zero-order valence-electron chi connectivity index (χ0n) is 10.2. The maximum Gasteiger partial charge on any atom is 0.224 e. The maximum atomic E-state index is 11.2. The SMILES string of the molecule is CNC(=O)Cc1ccc(NCC(C)C)cc1. The average Bonchev–Trinajstić information content (AvgIpc) is 2.28. The van der Waals surface area contributed by atoms with Crippen molar-refractivity contribution in [3.63, 3.8) is 0 Å². The first-order valence-corrected chi connectivity index (χ1v) is 5.65. The van der Waals surface area contributed by atoms with E-state index in [-0.39, 0.29) is 5.91 Å². The summed E-state index contributed by atoms with van der Waals surface area (Å²) in [4.78, 5) is 11.2. The Bertz CT molecular complexity index is 330. The molecule has 1 aromatic rings. The number of nitrogens with one attached hydrogen (secondary N) is 2. The molecular weight excluding hydrogens is 200 g/mol. The van der Waals surface area contributed by atoms with E-state index >= 15 is 0 Å². The lowest BCUT2D eigenvalue weighted by atomic mass is 10.1. The van der Waals surface area contributed by atoms with Crippen molar-refractivity contribution in [2.24, 2.45) is 5.92 Å². The Morgan fingerprint density at radius 1 is 1.25 bits per heavy atom. The summed E-state index contributed by atoms with van der Waals surface area (Å²) in [5.41, 5.74) is 2.14. The summed E-state index contributed by atoms with van der Waals surface area (Å²) < 4.78 is 0. The van der Waals surface area contributed by atoms with E-state index in [4.69, 9.17) is 0 Å². The van der Waals surface area contributed by atoms with Crippen LogP contribution in [0.1, 0.15) is 19.4 Å². The minimum atomic E-state index is 0.0443. The van der Waals surface area contributed by atoms with Crippen molar-refractivity contribution in [3.8, 4) is 0 Å². The van der Waals surface area contributed by atoms with E-state index in [0.717, 1.165) is 17.8 Å². The van der Waals surface area contributed by atoms with Crippen LogP contribution in [-0.2, 0) is 11.2 Å². The van der Waals surface area contributed by atoms with Gasteiger partial charge in [0.2, 0.25) is 5.91 Å². The van der Waals surface area contributed by atoms with Gasteiger partial charge in [-0.1, -0.05) is 26.0 Å². The lowest BCUT2D eigenvalue weighted by Gasteiger charge is -2.09. The van der Waals surface area contributed by atoms with Gasteiger partial charge in [-0.3, -0.25) is 4.79 Å². The van der Waals surface area contributed by atoms with Gasteiger partial charge in [0.15, 0.2) is 0 Å². The number of hydrogen-bond donors (Lipinski definition) is 2. The fourth-order valence-electron chi connectivity index (χ4n) is 1.34. The van der Waals surface area contributed by atoms with Crippen LogP contribution in [0.5, 0.6) is 0 Å². The predicted molar refractivity (Wildman–Crippen MR) is 67.5 cm³/mol. The van der Waals surface area contributed by atoms with E-state index in [1.165, 1.54) is 0 Å². The Morgan fingerprint density at radius 3 is 2.38 bits per heavy atom. The molecule has 0 aliphatic heterocycles. The number of benzene rings is 1. The Kier molecular flexibility index (Phi) is 4.83. The van der Waals surface area contributed by atoms with Crippen molar-refractivity contribution in [1.29, 1.82) is 0 Å². The summed E-state index contributed by atoms with van der Waals surface area (Å²) >= 11 is 0. The number of anilines is 1. The van der Waals surface area contributed by atoms with Gasteiger partial charge in [0, 0.05) is 19.3 Å². The number of amides is 1. The molecule has 0 fully saturated rings. The Balaban J connectivity index is 2.51. The summed E-state index contributed by atoms with van der Waals surface area (Å²) in [7, 11) is 1.65. The van der Waals surface area contributed by atoms with Crippen LogP contribution >= 0.6 is 0 Å². The molecule has 0 aromatic heterocycles. The highest BCUT2D eigenvalue weighted by atomic mass is 16.1. The lowest BCUT2D eigenvalue weighted by molar-refractivity contribution is -0.119. The second-order valence-electron chi connectivity index (χ2n) is 4.32. The fraction of sp³-hybridized carbons (Fsp3) is 0.462. The van der Waals surface area contributed by atoms with Crippen LogP contribution in [0.4, 0.5) is 5.69 Å². The minimum Gasteiger partial charge on any atom is -0.385 e. The Labute approximate surface area is 97.2 Å². The molecule has 0 aliphatic carbocycles. The van der Waals surface area contributed by atoms with E-state index in [1.807, 2.05) is 24.3 Å². The molecule has 3 heteroatoms. The molecule has 16 heavy (non-hydrogen) atoms. The third-order valence-corrected chi connectivity index (χ3v) is 2.31. The number of carbonyl (C=O) groups excluding carboxylic acids is 1. The molecule has 0 saturated heterocycles. The molecule has 0 spiro atoms. The van der Waals surface area contributed by atoms with Crippen LogP contribution in [0.2, 0.25) is 0 Å². The molecule has 1 aromatic carbocycles. The molecule has 1 amide bonds. The summed E-state index contributed by atoms with van der Waals surface area (Å²) in [6.07, 6.45) is 0.445. The standard InChI is InChI=1S/C13H20N2O/c1-10(2)9-15-12-6-4-11(5-7-12)8-13(16)14-3/h4-7,10,15H,8-9H2,1-3H3,(H,14,16). The number of rotatable bonds is 5. The van der Waals surface area contributed by atoms with Crippen molar-refractivity contribution in [3.05, 3.63) is 29.8 Å². The van der Waals surface area contributed by atoms with Gasteiger partial charge in [-0.15, -0.1) is 0 Å². The number of carbonyl (C=O) groups is 1. The third-order valence-electron chi connectivity index (χ3n) is 2.31. The van der Waals surface area contributed by atoms with Gasteiger partial charge >= 0.3 is 0 Å². The zero-order valence-corrected chi connectivity index (χ0v) is 10.2. The van der Waals surface area contributed by atoms with Gasteiger partial charge in [0.05, 0.1) is 6.42 Å². The van der Waals surface area contributed by atoms with Crippen molar-refractivity contribution >= 4 is 11.6 Å². The molecule has 0 radical (unpaired) electrons. The van der Waals surface area contributed by atoms with Crippen molar-refractivity contribution in [2.75, 3.05) is 18.9 Å². The lowest BCUT2D eigenvalue weighted by Crippen LogP contribution is -2.19. The quantitative estimate of drug-likeness (QED) is 0.797. The van der Waals surface area contributed by atoms with Crippen LogP contribution in [0.3, 0.4) is 0 Å². The average molecular weight is 220 g/mol. The van der Waals surface area contributed by atoms with Crippen molar-refractivity contribution in [2.45, 2.75) is 20.3 Å². The molecule has 3 nitrogen and oxygen atoms in total. The molecular formula is C13H20N2O. The topological polar surface area (TPSA) is 41.1 Å². The molecule has 1 rings (SSSR count). The van der Waals surface area contributed by atoms with E-state index < -0.39 is 0 Å². The molecule has 0 heterocycles. The molecule has 0 unspecified atom stereocenters. The van der Waals surface area contributed by atoms with Crippen LogP contribution in [0.15, 0.2) is 24.3 Å². The first kappa shape index (κ1) is 12.6. The molecule has 0 bridgehead atoms. The number of likely N-dealkylation sites (N-methyl/N-ethyl adjacent to an activating group) is 1. The van der Waals surface area contributed by atoms with Crippen LogP contribution in [0.25, 0.3) is 0 Å². The third kappa shape index (κ3) is 4.34. The van der Waals surface area contributed by atoms with Gasteiger partial charge in [-0.05, 0) is 23.6 Å². The molecule has 0 saturated carbocycles. The smallest absolute Gasteiger partial charge is 0.224 e. The second-order valence-corrected chi connectivity index (χ2v) is 4.32. The first-order chi connectivity index (χ1) is 7.61. The Hall–Kier alpha value is -1.51. The first-order valence-electron chi connectivity index (χ1n) is 5.65. The van der Waals surface area contributed by atoms with Crippen molar-refractivity contribution in [1.82, 2.24) is 5.32 Å². The molecule has 88 valence electrons. The van der Waals surface area contributed by atoms with Crippen LogP contribution < -0.4 is 10.6 Å². The summed E-state index contributed by atoms with van der Waals surface area (Å²) in [6, 6.07) is 8.00. The molecule has 0 atom stereocenters. The van der Waals surface area contributed by atoms with E-state index in [2.05, 4.69) is 24.5 Å². The molecule has 2 N–H and O–H groups in total. The second kappa shape index (κ2) is 6.16. The van der Waals surface area contributed by atoms with Crippen LogP contribution in [0, 0.1) is 5.92 Å². The predicted octanol–water partition coefficient (Wildman–Crippen LogP) is 2.04. The molecule has 0 aliphatic rings. The van der Waals surface area contributed by atoms with Crippen LogP contribution in [-0.4, -0.2) is 19.5 Å². The van der Waals surface area contributed by atoms with E-state index in [1.54, 1.807) is 7.05 Å². The summed E-state index contributed by atoms with van der Waals surface area (Å²) in [5, 5.41) is 5.95. The highest BCUT2D eigenvalue weighted by molar-refractivity contribution is 5.78. The number of hydrogen-bond acceptors (Lipinski definition) is 2. The Morgan fingerprint density at radius 2 is 1.88 bits per heavy atom. The normalized spacial score (nSPS) is 10.2. The fourth-order valence-corrected chi connectivity index (χ4v) is 1.34. The summed E-state index contributed by atoms with van der Waals surface area (Å²) in [5.74, 6) is 0.674. The van der Waals surface area contributed by atoms with Gasteiger partial charge in [-0.2, -0.15) is 0 Å². The van der Waals surface area contributed by atoms with Crippen molar-refractivity contribution < 1.29 is 4.79 Å². The van der Waals surface area contributed by atoms with Gasteiger partial charge in [0.25, 0.3) is 0 Å². The van der Waals surface area contributed by atoms with E-state index in [0.29, 0.717) is 12.3 Å². The maximum absolute atomic E-state index is 11.2. The van der Waals surface area contributed by atoms with E-state index in [9.17, 15) is 4.79 Å². The zero-order chi connectivity index (χ0) is 12.0. The van der Waals surface area contributed by atoms with Gasteiger partial charge < -0.3 is 10.6 Å². The highest BCUT2D eigenvalue weighted by Crippen LogP contribution is 2.10. The monoisotopic (exact) mass is 220 g/mol. The van der Waals surface area contributed by atoms with Gasteiger partial charge in [0.1, 0.15) is 0 Å².